The maximum absolute atomic E-state index is 5.18. The summed E-state index contributed by atoms with van der Waals surface area (Å²) in [6.45, 7) is 1.87. The van der Waals surface area contributed by atoms with Crippen LogP contribution in [0, 0.1) is 0 Å². The Hall–Kier alpha value is -1.20. The van der Waals surface area contributed by atoms with Gasteiger partial charge in [0.1, 0.15) is 11.9 Å². The number of rotatable bonds is 3. The molecule has 1 aromatic heterocycles. The van der Waals surface area contributed by atoms with Crippen molar-refractivity contribution in [2.24, 2.45) is 5.84 Å². The normalized spacial score (nSPS) is 12.6. The molecule has 1 rings (SSSR count). The third-order valence-electron chi connectivity index (χ3n) is 1.54. The summed E-state index contributed by atoms with van der Waals surface area (Å²) in [5.41, 5.74) is 2.44. The first kappa shape index (κ1) is 8.89. The number of hydrogen-bond acceptors (Lipinski definition) is 5. The molecule has 1 atom stereocenters. The molecule has 0 fully saturated rings. The van der Waals surface area contributed by atoms with Crippen LogP contribution in [0.3, 0.4) is 0 Å². The van der Waals surface area contributed by atoms with Crippen LogP contribution in [0.15, 0.2) is 12.3 Å². The lowest BCUT2D eigenvalue weighted by Crippen LogP contribution is -2.11. The van der Waals surface area contributed by atoms with Gasteiger partial charge in [0.15, 0.2) is 5.82 Å². The largest absolute Gasteiger partial charge is 0.374 e. The highest BCUT2D eigenvalue weighted by molar-refractivity contribution is 5.30. The summed E-state index contributed by atoms with van der Waals surface area (Å²) in [5.74, 6) is 6.38. The fourth-order valence-electron chi connectivity index (χ4n) is 0.755. The summed E-state index contributed by atoms with van der Waals surface area (Å²) in [7, 11) is 1.61. The van der Waals surface area contributed by atoms with Crippen LogP contribution in [0.2, 0.25) is 0 Å². The summed E-state index contributed by atoms with van der Waals surface area (Å²) in [4.78, 5) is 8.12. The molecule has 66 valence electrons. The van der Waals surface area contributed by atoms with Crippen LogP contribution in [0.5, 0.6) is 0 Å². The van der Waals surface area contributed by atoms with E-state index in [1.807, 2.05) is 6.92 Å². The lowest BCUT2D eigenvalue weighted by molar-refractivity contribution is 0.112. The average Bonchev–Trinajstić information content (AvgIpc) is 2.17. The van der Waals surface area contributed by atoms with Crippen molar-refractivity contribution < 1.29 is 4.74 Å². The topological polar surface area (TPSA) is 73.1 Å². The predicted molar refractivity (Wildman–Crippen MR) is 45.3 cm³/mol. The van der Waals surface area contributed by atoms with E-state index >= 15 is 0 Å². The molecule has 0 spiro atoms. The van der Waals surface area contributed by atoms with Crippen molar-refractivity contribution >= 4 is 5.82 Å². The van der Waals surface area contributed by atoms with E-state index in [4.69, 9.17) is 10.6 Å². The number of methoxy groups -OCH3 is 1. The quantitative estimate of drug-likeness (QED) is 0.507. The number of nitrogens with one attached hydrogen (secondary N) is 1. The second kappa shape index (κ2) is 3.99. The van der Waals surface area contributed by atoms with E-state index in [-0.39, 0.29) is 6.10 Å². The second-order valence-corrected chi connectivity index (χ2v) is 2.32. The van der Waals surface area contributed by atoms with Gasteiger partial charge >= 0.3 is 0 Å². The number of hydrazine groups is 1. The molecule has 0 radical (unpaired) electrons. The molecular weight excluding hydrogens is 156 g/mol. The first-order valence-electron chi connectivity index (χ1n) is 3.60. The van der Waals surface area contributed by atoms with Gasteiger partial charge in [0, 0.05) is 19.4 Å². The fraction of sp³-hybridized carbons (Fsp3) is 0.429. The fourth-order valence-corrected chi connectivity index (χ4v) is 0.755. The smallest absolute Gasteiger partial charge is 0.159 e. The minimum atomic E-state index is -0.113. The van der Waals surface area contributed by atoms with Crippen LogP contribution in [0.25, 0.3) is 0 Å². The van der Waals surface area contributed by atoms with Crippen molar-refractivity contribution in [3.63, 3.8) is 0 Å². The zero-order valence-corrected chi connectivity index (χ0v) is 7.11. The molecule has 0 aliphatic rings. The van der Waals surface area contributed by atoms with Gasteiger partial charge in [0.05, 0.1) is 0 Å². The molecular formula is C7H12N4O. The number of anilines is 1. The zero-order valence-electron chi connectivity index (χ0n) is 7.11. The van der Waals surface area contributed by atoms with Crippen molar-refractivity contribution in [2.75, 3.05) is 12.5 Å². The number of nitrogens with zero attached hydrogens (tertiary/aromatic N) is 2. The Kier molecular flexibility index (Phi) is 2.95. The molecule has 0 amide bonds. The van der Waals surface area contributed by atoms with Crippen LogP contribution in [0.1, 0.15) is 18.9 Å². The summed E-state index contributed by atoms with van der Waals surface area (Å²) in [6.07, 6.45) is 1.52. The summed E-state index contributed by atoms with van der Waals surface area (Å²) >= 11 is 0. The molecule has 1 aromatic rings. The zero-order chi connectivity index (χ0) is 8.97. The maximum atomic E-state index is 5.18. The van der Waals surface area contributed by atoms with Gasteiger partial charge in [-0.2, -0.15) is 0 Å². The van der Waals surface area contributed by atoms with Crippen LogP contribution in [-0.2, 0) is 4.74 Å². The SMILES string of the molecule is COC(C)c1nccc(NN)n1. The van der Waals surface area contributed by atoms with Crippen LogP contribution in [0.4, 0.5) is 5.82 Å². The van der Waals surface area contributed by atoms with Gasteiger partial charge in [-0.25, -0.2) is 15.8 Å². The molecule has 0 aromatic carbocycles. The third kappa shape index (κ3) is 1.90. The van der Waals surface area contributed by atoms with Gasteiger partial charge in [-0.05, 0) is 6.92 Å². The van der Waals surface area contributed by atoms with E-state index in [0.29, 0.717) is 11.6 Å². The van der Waals surface area contributed by atoms with E-state index in [0.717, 1.165) is 0 Å². The van der Waals surface area contributed by atoms with Gasteiger partial charge in [-0.15, -0.1) is 0 Å². The van der Waals surface area contributed by atoms with Gasteiger partial charge in [0.25, 0.3) is 0 Å². The van der Waals surface area contributed by atoms with E-state index in [2.05, 4.69) is 15.4 Å². The Morgan fingerprint density at radius 1 is 1.67 bits per heavy atom. The standard InChI is InChI=1S/C7H12N4O/c1-5(12-2)7-9-4-3-6(10-7)11-8/h3-5H,8H2,1-2H3,(H,9,10,11). The Morgan fingerprint density at radius 2 is 2.42 bits per heavy atom. The molecule has 0 aliphatic heterocycles. The van der Waals surface area contributed by atoms with Crippen LogP contribution in [-0.4, -0.2) is 17.1 Å². The van der Waals surface area contributed by atoms with Crippen LogP contribution >= 0.6 is 0 Å². The van der Waals surface area contributed by atoms with Crippen molar-refractivity contribution in [3.05, 3.63) is 18.1 Å². The average molecular weight is 168 g/mol. The highest BCUT2D eigenvalue weighted by Crippen LogP contribution is 2.11. The van der Waals surface area contributed by atoms with Gasteiger partial charge < -0.3 is 10.2 Å². The van der Waals surface area contributed by atoms with E-state index in [1.54, 1.807) is 19.4 Å². The molecule has 5 nitrogen and oxygen atoms in total. The first-order valence-corrected chi connectivity index (χ1v) is 3.60. The van der Waals surface area contributed by atoms with E-state index < -0.39 is 0 Å². The summed E-state index contributed by atoms with van der Waals surface area (Å²) < 4.78 is 5.04. The molecule has 3 N–H and O–H groups in total. The molecule has 0 saturated heterocycles. The van der Waals surface area contributed by atoms with Crippen molar-refractivity contribution in [3.8, 4) is 0 Å². The highest BCUT2D eigenvalue weighted by Gasteiger charge is 2.06. The Morgan fingerprint density at radius 3 is 3.00 bits per heavy atom. The lowest BCUT2D eigenvalue weighted by atomic mass is 10.4. The molecule has 0 bridgehead atoms. The molecule has 0 saturated carbocycles. The van der Waals surface area contributed by atoms with E-state index in [1.165, 1.54) is 0 Å². The lowest BCUT2D eigenvalue weighted by Gasteiger charge is -2.08. The second-order valence-electron chi connectivity index (χ2n) is 2.32. The van der Waals surface area contributed by atoms with E-state index in [9.17, 15) is 0 Å². The Bertz CT molecular complexity index is 253. The van der Waals surface area contributed by atoms with Gasteiger partial charge in [-0.1, -0.05) is 0 Å². The number of aromatic nitrogens is 2. The molecule has 12 heavy (non-hydrogen) atoms. The van der Waals surface area contributed by atoms with Crippen LogP contribution < -0.4 is 11.3 Å². The molecule has 0 aliphatic carbocycles. The molecule has 1 unspecified atom stereocenters. The number of nitrogen functional groups attached to an aromatic ring is 1. The summed E-state index contributed by atoms with van der Waals surface area (Å²) in [5, 5.41) is 0. The first-order chi connectivity index (χ1) is 5.77. The van der Waals surface area contributed by atoms with Crippen molar-refractivity contribution in [1.29, 1.82) is 0 Å². The highest BCUT2D eigenvalue weighted by atomic mass is 16.5. The van der Waals surface area contributed by atoms with Gasteiger partial charge in [-0.3, -0.25) is 0 Å². The third-order valence-corrected chi connectivity index (χ3v) is 1.54. The molecule has 5 heteroatoms. The van der Waals surface area contributed by atoms with Gasteiger partial charge in [0.2, 0.25) is 0 Å². The minimum absolute atomic E-state index is 0.113. The predicted octanol–water partition coefficient (Wildman–Crippen LogP) is 0.470. The Balaban J connectivity index is 2.86. The Labute approximate surface area is 70.9 Å². The minimum Gasteiger partial charge on any atom is -0.374 e. The van der Waals surface area contributed by atoms with Crippen molar-refractivity contribution in [1.82, 2.24) is 9.97 Å². The summed E-state index contributed by atoms with van der Waals surface area (Å²) in [6, 6.07) is 1.69. The molecule has 1 heterocycles. The number of nitrogens with two attached hydrogens (primary N) is 1. The van der Waals surface area contributed by atoms with Crippen molar-refractivity contribution in [2.45, 2.75) is 13.0 Å². The number of ether oxygens (including phenoxy) is 1. The number of hydrogen-bond donors (Lipinski definition) is 2. The maximum Gasteiger partial charge on any atom is 0.159 e. The monoisotopic (exact) mass is 168 g/mol.